The number of nitrogens with two attached hydrogens (primary N) is 1. The van der Waals surface area contributed by atoms with E-state index in [1.54, 1.807) is 12.1 Å². The van der Waals surface area contributed by atoms with Crippen LogP contribution in [0.4, 0.5) is 5.69 Å². The van der Waals surface area contributed by atoms with Crippen molar-refractivity contribution in [2.45, 2.75) is 36.8 Å². The summed E-state index contributed by atoms with van der Waals surface area (Å²) in [6.45, 7) is 0.0815. The third kappa shape index (κ3) is 3.19. The lowest BCUT2D eigenvalue weighted by Gasteiger charge is -2.26. The third-order valence-corrected chi connectivity index (χ3v) is 7.46. The van der Waals surface area contributed by atoms with Crippen molar-refractivity contribution in [1.29, 1.82) is 0 Å². The van der Waals surface area contributed by atoms with E-state index in [0.29, 0.717) is 24.1 Å². The highest BCUT2D eigenvalue weighted by molar-refractivity contribution is 6.09. The van der Waals surface area contributed by atoms with E-state index in [1.165, 1.54) is 4.90 Å². The number of aryl methyl sites for hydroxylation is 1. The Hall–Kier alpha value is -3.97. The zero-order valence-corrected chi connectivity index (χ0v) is 18.9. The molecule has 0 fully saturated rings. The number of aliphatic carboxylic acids is 1. The van der Waals surface area contributed by atoms with E-state index in [0.717, 1.165) is 27.8 Å². The number of amides is 1. The summed E-state index contributed by atoms with van der Waals surface area (Å²) in [6.07, 6.45) is 0.962. The highest BCUT2D eigenvalue weighted by atomic mass is 16.5. The van der Waals surface area contributed by atoms with Crippen molar-refractivity contribution < 1.29 is 24.2 Å². The summed E-state index contributed by atoms with van der Waals surface area (Å²) >= 11 is 0. The number of fused-ring (bicyclic) bond motifs is 3. The number of carbonyl (C=O) groups excluding carboxylic acids is 2. The van der Waals surface area contributed by atoms with E-state index in [2.05, 4.69) is 12.1 Å². The number of carboxylic acid groups (broad SMARTS) is 1. The first-order chi connectivity index (χ1) is 17.0. The molecule has 1 aliphatic carbocycles. The molecule has 6 rings (SSSR count). The van der Waals surface area contributed by atoms with Gasteiger partial charge in [-0.3, -0.25) is 14.5 Å². The molecule has 0 saturated carbocycles. The number of benzene rings is 3. The number of anilines is 1. The molecule has 2 heterocycles. The first kappa shape index (κ1) is 21.6. The van der Waals surface area contributed by atoms with Crippen LogP contribution in [0.15, 0.2) is 66.7 Å². The van der Waals surface area contributed by atoms with Gasteiger partial charge in [-0.1, -0.05) is 66.7 Å². The van der Waals surface area contributed by atoms with Crippen molar-refractivity contribution in [2.75, 3.05) is 11.5 Å². The summed E-state index contributed by atoms with van der Waals surface area (Å²) in [5.41, 5.74) is 12.2. The normalized spacial score (nSPS) is 22.3. The van der Waals surface area contributed by atoms with Crippen LogP contribution < -0.4 is 10.6 Å². The van der Waals surface area contributed by atoms with Crippen LogP contribution in [-0.2, 0) is 25.5 Å². The largest absolute Gasteiger partial charge is 0.480 e. The van der Waals surface area contributed by atoms with Crippen LogP contribution >= 0.6 is 0 Å². The average molecular weight is 469 g/mol. The van der Waals surface area contributed by atoms with Crippen molar-refractivity contribution in [3.8, 4) is 11.1 Å². The molecule has 3 aromatic carbocycles. The van der Waals surface area contributed by atoms with Crippen LogP contribution in [0.25, 0.3) is 11.1 Å². The molecule has 176 valence electrons. The van der Waals surface area contributed by atoms with Gasteiger partial charge in [0.2, 0.25) is 5.91 Å². The van der Waals surface area contributed by atoms with Gasteiger partial charge >= 0.3 is 11.9 Å². The molecule has 35 heavy (non-hydrogen) atoms. The molecule has 7 heteroatoms. The van der Waals surface area contributed by atoms with Crippen LogP contribution in [0.1, 0.15) is 40.5 Å². The summed E-state index contributed by atoms with van der Waals surface area (Å²) in [4.78, 5) is 40.2. The lowest BCUT2D eigenvalue weighted by Crippen LogP contribution is -2.51. The molecule has 0 spiro atoms. The molecule has 0 radical (unpaired) electrons. The zero-order valence-electron chi connectivity index (χ0n) is 18.9. The topological polar surface area (TPSA) is 110 Å². The van der Waals surface area contributed by atoms with Gasteiger partial charge in [0.15, 0.2) is 6.04 Å². The second-order valence-corrected chi connectivity index (χ2v) is 9.33. The summed E-state index contributed by atoms with van der Waals surface area (Å²) in [5, 5.41) is 10.1. The van der Waals surface area contributed by atoms with E-state index < -0.39 is 35.8 Å². The predicted octanol–water partition coefficient (Wildman–Crippen LogP) is 3.20. The smallest absolute Gasteiger partial charge is 0.328 e. The van der Waals surface area contributed by atoms with E-state index in [-0.39, 0.29) is 12.5 Å². The van der Waals surface area contributed by atoms with E-state index >= 15 is 0 Å². The molecule has 0 saturated heterocycles. The Kier molecular flexibility index (Phi) is 4.96. The number of rotatable bonds is 4. The van der Waals surface area contributed by atoms with Crippen LogP contribution in [0, 0.1) is 0 Å². The quantitative estimate of drug-likeness (QED) is 0.569. The number of para-hydroxylation sites is 1. The van der Waals surface area contributed by atoms with Gasteiger partial charge in [0.25, 0.3) is 0 Å². The monoisotopic (exact) mass is 468 g/mol. The zero-order chi connectivity index (χ0) is 24.3. The highest BCUT2D eigenvalue weighted by Gasteiger charge is 2.52. The molecule has 1 amide bonds. The second-order valence-electron chi connectivity index (χ2n) is 9.33. The Morgan fingerprint density at radius 3 is 2.23 bits per heavy atom. The van der Waals surface area contributed by atoms with Gasteiger partial charge in [-0.05, 0) is 46.2 Å². The number of carboxylic acids is 1. The maximum atomic E-state index is 13.5. The fraction of sp³-hybridized carbons (Fsp3) is 0.250. The first-order valence-corrected chi connectivity index (χ1v) is 11.8. The molecule has 1 unspecified atom stereocenters. The Morgan fingerprint density at radius 1 is 0.943 bits per heavy atom. The van der Waals surface area contributed by atoms with E-state index in [9.17, 15) is 19.5 Å². The maximum absolute atomic E-state index is 13.5. The van der Waals surface area contributed by atoms with Crippen LogP contribution in [0.5, 0.6) is 0 Å². The lowest BCUT2D eigenvalue weighted by molar-refractivity contribution is -0.151. The van der Waals surface area contributed by atoms with Crippen LogP contribution in [-0.4, -0.2) is 41.6 Å². The van der Waals surface area contributed by atoms with Crippen LogP contribution in [0.3, 0.4) is 0 Å². The summed E-state index contributed by atoms with van der Waals surface area (Å²) in [5.74, 6) is -3.65. The summed E-state index contributed by atoms with van der Waals surface area (Å²) < 4.78 is 5.84. The minimum Gasteiger partial charge on any atom is -0.480 e. The van der Waals surface area contributed by atoms with Crippen LogP contribution in [0.2, 0.25) is 0 Å². The van der Waals surface area contributed by atoms with Crippen molar-refractivity contribution in [3.63, 3.8) is 0 Å². The van der Waals surface area contributed by atoms with Crippen molar-refractivity contribution >= 4 is 23.5 Å². The minimum atomic E-state index is -1.39. The Morgan fingerprint density at radius 2 is 1.57 bits per heavy atom. The van der Waals surface area contributed by atoms with Gasteiger partial charge in [-0.2, -0.15) is 0 Å². The number of nitrogens with zero attached hydrogens (tertiary/aromatic N) is 1. The van der Waals surface area contributed by atoms with Gasteiger partial charge in [0.1, 0.15) is 12.5 Å². The summed E-state index contributed by atoms with van der Waals surface area (Å²) in [6, 6.07) is 19.2. The SMILES string of the molecule is N[C@H]1CCc2cccc3c2N(C1=O)[C@H](C(=O)O)C3C(=O)OCC1c2ccccc2-c2ccccc21. The number of esters is 1. The Bertz CT molecular complexity index is 1340. The fourth-order valence-electron chi connectivity index (χ4n) is 5.88. The predicted molar refractivity (Wildman–Crippen MR) is 129 cm³/mol. The van der Waals surface area contributed by atoms with Gasteiger partial charge in [-0.25, -0.2) is 4.79 Å². The molecular weight excluding hydrogens is 444 g/mol. The van der Waals surface area contributed by atoms with E-state index in [4.69, 9.17) is 10.5 Å². The Labute approximate surface area is 202 Å². The molecule has 7 nitrogen and oxygen atoms in total. The maximum Gasteiger partial charge on any atom is 0.328 e. The molecule has 0 bridgehead atoms. The molecular formula is C28H24N2O5. The molecule has 2 aliphatic heterocycles. The second kappa shape index (κ2) is 8.06. The molecule has 0 aromatic heterocycles. The van der Waals surface area contributed by atoms with Crippen molar-refractivity contribution in [3.05, 3.63) is 89.0 Å². The summed E-state index contributed by atoms with van der Waals surface area (Å²) in [7, 11) is 0. The number of hydrogen-bond acceptors (Lipinski definition) is 5. The number of hydrogen-bond donors (Lipinski definition) is 2. The fourth-order valence-corrected chi connectivity index (χ4v) is 5.88. The van der Waals surface area contributed by atoms with Gasteiger partial charge in [0.05, 0.1) is 11.7 Å². The third-order valence-electron chi connectivity index (χ3n) is 7.46. The lowest BCUT2D eigenvalue weighted by atomic mass is 9.92. The van der Waals surface area contributed by atoms with Crippen molar-refractivity contribution in [2.24, 2.45) is 5.73 Å². The average Bonchev–Trinajstić information content (AvgIpc) is 3.35. The highest BCUT2D eigenvalue weighted by Crippen LogP contribution is 2.47. The molecule has 3 aromatic rings. The van der Waals surface area contributed by atoms with Gasteiger partial charge in [-0.15, -0.1) is 0 Å². The first-order valence-electron chi connectivity index (χ1n) is 11.8. The van der Waals surface area contributed by atoms with E-state index in [1.807, 2.05) is 42.5 Å². The van der Waals surface area contributed by atoms with Gasteiger partial charge < -0.3 is 15.6 Å². The van der Waals surface area contributed by atoms with Gasteiger partial charge in [0, 0.05) is 5.92 Å². The molecule has 3 aliphatic rings. The molecule has 3 N–H and O–H groups in total. The standard InChI is InChI=1S/C28H24N2O5/c29-22-13-12-15-6-5-11-20-23(25(27(32)33)30(24(15)20)26(22)31)28(34)35-14-21-18-9-3-1-7-16(18)17-8-2-4-10-19(17)21/h1-11,21-23,25H,12-14,29H2,(H,32,33)/t22-,23?,25-/m0/s1. The Balaban J connectivity index is 1.34. The minimum absolute atomic E-state index is 0.0815. The number of carbonyl (C=O) groups is 3. The molecule has 3 atom stereocenters. The van der Waals surface area contributed by atoms with Crippen molar-refractivity contribution in [1.82, 2.24) is 0 Å². The number of ether oxygens (including phenoxy) is 1.